The molecule has 84 valence electrons. The van der Waals surface area contributed by atoms with Gasteiger partial charge in [-0.1, -0.05) is 34.5 Å². The third kappa shape index (κ3) is 2.74. The van der Waals surface area contributed by atoms with Crippen LogP contribution in [0.5, 0.6) is 0 Å². The summed E-state index contributed by atoms with van der Waals surface area (Å²) < 4.78 is 1.69. The lowest BCUT2D eigenvalue weighted by atomic mass is 10.1. The highest BCUT2D eigenvalue weighted by atomic mass is 35.5. The van der Waals surface area contributed by atoms with Gasteiger partial charge in [0.2, 0.25) is 0 Å². The zero-order chi connectivity index (χ0) is 11.5. The predicted molar refractivity (Wildman–Crippen MR) is 64.9 cm³/mol. The van der Waals surface area contributed by atoms with Crippen LogP contribution in [0.4, 0.5) is 0 Å². The molecule has 0 unspecified atom stereocenters. The normalized spacial score (nSPS) is 10.7. The molecule has 5 heteroatoms. The molecule has 1 heterocycles. The zero-order valence-electron chi connectivity index (χ0n) is 8.82. The SMILES string of the molecule is Cn1cc(CCc2ccc(Cl)cc2Cl)nn1. The number of hydrogen-bond donors (Lipinski definition) is 0. The molecule has 0 aliphatic rings. The van der Waals surface area contributed by atoms with Crippen molar-refractivity contribution in [3.8, 4) is 0 Å². The Morgan fingerprint density at radius 3 is 2.69 bits per heavy atom. The maximum atomic E-state index is 6.08. The van der Waals surface area contributed by atoms with Crippen molar-refractivity contribution in [2.24, 2.45) is 7.05 Å². The summed E-state index contributed by atoms with van der Waals surface area (Å²) in [4.78, 5) is 0. The molecule has 0 bridgehead atoms. The van der Waals surface area contributed by atoms with Gasteiger partial charge in [-0.25, -0.2) is 0 Å². The standard InChI is InChI=1S/C11H11Cl2N3/c1-16-7-10(14-15-16)5-3-8-2-4-9(12)6-11(8)13/h2,4,6-7H,3,5H2,1H3. The summed E-state index contributed by atoms with van der Waals surface area (Å²) in [6.07, 6.45) is 3.58. The van der Waals surface area contributed by atoms with E-state index in [0.29, 0.717) is 10.0 Å². The quantitative estimate of drug-likeness (QED) is 0.845. The second kappa shape index (κ2) is 4.85. The van der Waals surface area contributed by atoms with Crippen molar-refractivity contribution in [2.45, 2.75) is 12.8 Å². The molecule has 0 spiro atoms. The lowest BCUT2D eigenvalue weighted by Gasteiger charge is -2.02. The van der Waals surface area contributed by atoms with E-state index in [4.69, 9.17) is 23.2 Å². The molecule has 0 aliphatic carbocycles. The van der Waals surface area contributed by atoms with Crippen LogP contribution in [0.2, 0.25) is 10.0 Å². The van der Waals surface area contributed by atoms with Crippen LogP contribution in [0, 0.1) is 0 Å². The number of hydrogen-bond acceptors (Lipinski definition) is 2. The summed E-state index contributed by atoms with van der Waals surface area (Å²) in [5.41, 5.74) is 2.05. The van der Waals surface area contributed by atoms with Crippen LogP contribution >= 0.6 is 23.2 Å². The third-order valence-electron chi connectivity index (χ3n) is 2.32. The molecule has 1 aromatic carbocycles. The van der Waals surface area contributed by atoms with Crippen molar-refractivity contribution in [1.82, 2.24) is 15.0 Å². The van der Waals surface area contributed by atoms with Gasteiger partial charge in [-0.3, -0.25) is 4.68 Å². The molecular weight excluding hydrogens is 245 g/mol. The highest BCUT2D eigenvalue weighted by Gasteiger charge is 2.03. The van der Waals surface area contributed by atoms with E-state index in [2.05, 4.69) is 10.3 Å². The number of rotatable bonds is 3. The maximum absolute atomic E-state index is 6.08. The Morgan fingerprint density at radius 1 is 1.25 bits per heavy atom. The predicted octanol–water partition coefficient (Wildman–Crippen LogP) is 2.91. The Bertz CT molecular complexity index is 494. The summed E-state index contributed by atoms with van der Waals surface area (Å²) >= 11 is 11.9. The second-order valence-electron chi connectivity index (χ2n) is 3.62. The summed E-state index contributed by atoms with van der Waals surface area (Å²) in [7, 11) is 1.85. The minimum absolute atomic E-state index is 0.660. The van der Waals surface area contributed by atoms with E-state index in [0.717, 1.165) is 24.1 Å². The fourth-order valence-corrected chi connectivity index (χ4v) is 2.00. The van der Waals surface area contributed by atoms with E-state index in [1.54, 1.807) is 10.7 Å². The lowest BCUT2D eigenvalue weighted by molar-refractivity contribution is 0.713. The Morgan fingerprint density at radius 2 is 2.06 bits per heavy atom. The molecule has 2 rings (SSSR count). The molecule has 0 radical (unpaired) electrons. The first kappa shape index (κ1) is 11.4. The Kier molecular flexibility index (Phi) is 3.46. The molecule has 16 heavy (non-hydrogen) atoms. The Labute approximate surface area is 104 Å². The van der Waals surface area contributed by atoms with Gasteiger partial charge < -0.3 is 0 Å². The van der Waals surface area contributed by atoms with Crippen molar-refractivity contribution in [3.63, 3.8) is 0 Å². The zero-order valence-corrected chi connectivity index (χ0v) is 10.3. The fraction of sp³-hybridized carbons (Fsp3) is 0.273. The van der Waals surface area contributed by atoms with E-state index in [1.807, 2.05) is 25.4 Å². The molecule has 0 amide bonds. The first-order valence-corrected chi connectivity index (χ1v) is 5.70. The van der Waals surface area contributed by atoms with Crippen molar-refractivity contribution >= 4 is 23.2 Å². The van der Waals surface area contributed by atoms with Crippen LogP contribution in [0.15, 0.2) is 24.4 Å². The first-order chi connectivity index (χ1) is 7.65. The molecule has 1 aromatic heterocycles. The smallest absolute Gasteiger partial charge is 0.0830 e. The molecule has 0 atom stereocenters. The van der Waals surface area contributed by atoms with E-state index in [-0.39, 0.29) is 0 Å². The van der Waals surface area contributed by atoms with Gasteiger partial charge in [0.15, 0.2) is 0 Å². The van der Waals surface area contributed by atoms with Gasteiger partial charge >= 0.3 is 0 Å². The minimum atomic E-state index is 0.660. The molecule has 2 aromatic rings. The van der Waals surface area contributed by atoms with Gasteiger partial charge in [-0.05, 0) is 30.5 Å². The summed E-state index contributed by atoms with van der Waals surface area (Å²) in [5, 5.41) is 9.27. The highest BCUT2D eigenvalue weighted by molar-refractivity contribution is 6.35. The lowest BCUT2D eigenvalue weighted by Crippen LogP contribution is -1.92. The van der Waals surface area contributed by atoms with Gasteiger partial charge in [-0.15, -0.1) is 5.10 Å². The van der Waals surface area contributed by atoms with Gasteiger partial charge in [0.25, 0.3) is 0 Å². The van der Waals surface area contributed by atoms with Gasteiger partial charge in [-0.2, -0.15) is 0 Å². The second-order valence-corrected chi connectivity index (χ2v) is 4.46. The molecular formula is C11H11Cl2N3. The molecule has 0 aliphatic heterocycles. The molecule has 3 nitrogen and oxygen atoms in total. The van der Waals surface area contributed by atoms with Crippen molar-refractivity contribution in [1.29, 1.82) is 0 Å². The third-order valence-corrected chi connectivity index (χ3v) is 2.90. The Balaban J connectivity index is 2.04. The van der Waals surface area contributed by atoms with Crippen LogP contribution in [0.3, 0.4) is 0 Å². The van der Waals surface area contributed by atoms with E-state index in [9.17, 15) is 0 Å². The van der Waals surface area contributed by atoms with Crippen molar-refractivity contribution in [2.75, 3.05) is 0 Å². The monoisotopic (exact) mass is 255 g/mol. The number of aryl methyl sites for hydroxylation is 3. The number of nitrogens with zero attached hydrogens (tertiary/aromatic N) is 3. The van der Waals surface area contributed by atoms with Crippen molar-refractivity contribution in [3.05, 3.63) is 45.7 Å². The average Bonchev–Trinajstić information content (AvgIpc) is 2.63. The van der Waals surface area contributed by atoms with Gasteiger partial charge in [0.1, 0.15) is 0 Å². The van der Waals surface area contributed by atoms with Crippen LogP contribution in [-0.4, -0.2) is 15.0 Å². The first-order valence-electron chi connectivity index (χ1n) is 4.94. The average molecular weight is 256 g/mol. The van der Waals surface area contributed by atoms with Crippen LogP contribution in [0.1, 0.15) is 11.3 Å². The van der Waals surface area contributed by atoms with Crippen LogP contribution in [0.25, 0.3) is 0 Å². The van der Waals surface area contributed by atoms with E-state index >= 15 is 0 Å². The van der Waals surface area contributed by atoms with E-state index < -0.39 is 0 Å². The van der Waals surface area contributed by atoms with Crippen LogP contribution < -0.4 is 0 Å². The molecule has 0 N–H and O–H groups in total. The van der Waals surface area contributed by atoms with Crippen LogP contribution in [-0.2, 0) is 19.9 Å². The topological polar surface area (TPSA) is 30.7 Å². The summed E-state index contributed by atoms with van der Waals surface area (Å²) in [6, 6.07) is 5.55. The molecule has 0 saturated carbocycles. The molecule has 0 saturated heterocycles. The van der Waals surface area contributed by atoms with Gasteiger partial charge in [0, 0.05) is 23.3 Å². The summed E-state index contributed by atoms with van der Waals surface area (Å²) in [5.74, 6) is 0. The fourth-order valence-electron chi connectivity index (χ4n) is 1.50. The maximum Gasteiger partial charge on any atom is 0.0830 e. The largest absolute Gasteiger partial charge is 0.255 e. The number of aromatic nitrogens is 3. The van der Waals surface area contributed by atoms with Gasteiger partial charge in [0.05, 0.1) is 5.69 Å². The number of benzene rings is 1. The highest BCUT2D eigenvalue weighted by Crippen LogP contribution is 2.22. The summed E-state index contributed by atoms with van der Waals surface area (Å²) in [6.45, 7) is 0. The van der Waals surface area contributed by atoms with Crippen molar-refractivity contribution < 1.29 is 0 Å². The minimum Gasteiger partial charge on any atom is -0.255 e. The Hall–Kier alpha value is -1.06. The molecule has 0 fully saturated rings. The number of halogens is 2. The van der Waals surface area contributed by atoms with E-state index in [1.165, 1.54) is 0 Å².